The molecule has 0 bridgehead atoms. The van der Waals surface area contributed by atoms with Crippen molar-refractivity contribution in [2.24, 2.45) is 0 Å². The molecule has 0 aliphatic heterocycles. The summed E-state index contributed by atoms with van der Waals surface area (Å²) in [6, 6.07) is 0.470. The van der Waals surface area contributed by atoms with E-state index >= 15 is 0 Å². The number of likely N-dealkylation sites (N-methyl/N-ethyl adjacent to an activating group) is 1. The van der Waals surface area contributed by atoms with Gasteiger partial charge in [-0.1, -0.05) is 23.2 Å². The number of Topliss-reactive ketones (excluding diaryl/α,β-unsaturated/α-hetero) is 1. The Bertz CT molecular complexity index is 230. The number of rotatable bonds is 3. The molecule has 0 N–H and O–H groups in total. The maximum absolute atomic E-state index is 11.0. The fourth-order valence-electron chi connectivity index (χ4n) is 1.77. The lowest BCUT2D eigenvalue weighted by atomic mass is 9.93. The van der Waals surface area contributed by atoms with Crippen LogP contribution in [0.1, 0.15) is 25.7 Å². The van der Waals surface area contributed by atoms with Gasteiger partial charge in [0.15, 0.2) is 0 Å². The monoisotopic (exact) mass is 235 g/mol. The van der Waals surface area contributed by atoms with Crippen molar-refractivity contribution in [3.63, 3.8) is 0 Å². The Hall–Kier alpha value is -0.0500. The minimum atomic E-state index is 0.383. The molecule has 0 unspecified atom stereocenters. The predicted molar refractivity (Wildman–Crippen MR) is 59.7 cm³/mol. The molecule has 4 heteroatoms. The summed E-state index contributed by atoms with van der Waals surface area (Å²) in [6.07, 6.45) is 3.30. The highest BCUT2D eigenvalue weighted by Gasteiger charge is 2.22. The molecule has 0 aromatic rings. The molecule has 14 heavy (non-hydrogen) atoms. The zero-order valence-electron chi connectivity index (χ0n) is 8.30. The molecule has 0 heterocycles. The lowest BCUT2D eigenvalue weighted by Crippen LogP contribution is -2.36. The van der Waals surface area contributed by atoms with E-state index in [2.05, 4.69) is 4.90 Å². The molecule has 0 saturated heterocycles. The van der Waals surface area contributed by atoms with Crippen molar-refractivity contribution in [3.05, 3.63) is 10.6 Å². The number of halogens is 2. The maximum atomic E-state index is 11.0. The second-order valence-electron chi connectivity index (χ2n) is 3.74. The molecule has 1 aliphatic rings. The first-order valence-corrected chi connectivity index (χ1v) is 5.61. The van der Waals surface area contributed by atoms with E-state index in [9.17, 15) is 4.79 Å². The average Bonchev–Trinajstić information content (AvgIpc) is 2.18. The summed E-state index contributed by atoms with van der Waals surface area (Å²) in [5.41, 5.74) is 1.39. The van der Waals surface area contributed by atoms with E-state index in [1.165, 1.54) is 5.54 Å². The van der Waals surface area contributed by atoms with Crippen LogP contribution in [0.4, 0.5) is 0 Å². The second kappa shape index (κ2) is 5.74. The zero-order valence-corrected chi connectivity index (χ0v) is 9.81. The molecule has 80 valence electrons. The van der Waals surface area contributed by atoms with Crippen LogP contribution in [0, 0.1) is 0 Å². The largest absolute Gasteiger partial charge is 0.300 e. The zero-order chi connectivity index (χ0) is 10.6. The summed E-state index contributed by atoms with van der Waals surface area (Å²) in [4.78, 5) is 13.2. The first-order chi connectivity index (χ1) is 6.63. The van der Waals surface area contributed by atoms with E-state index in [0.717, 1.165) is 12.8 Å². The minimum absolute atomic E-state index is 0.383. The van der Waals surface area contributed by atoms with Crippen molar-refractivity contribution in [1.82, 2.24) is 4.90 Å². The maximum Gasteiger partial charge on any atom is 0.133 e. The quantitative estimate of drug-likeness (QED) is 0.750. The van der Waals surface area contributed by atoms with Gasteiger partial charge in [0, 0.05) is 36.0 Å². The summed E-state index contributed by atoms with van der Waals surface area (Å²) in [7, 11) is 2.02. The van der Waals surface area contributed by atoms with Gasteiger partial charge in [-0.2, -0.15) is 0 Å². The minimum Gasteiger partial charge on any atom is -0.300 e. The molecular weight excluding hydrogens is 221 g/mol. The lowest BCUT2D eigenvalue weighted by molar-refractivity contribution is -0.121. The van der Waals surface area contributed by atoms with Gasteiger partial charge in [0.2, 0.25) is 0 Å². The van der Waals surface area contributed by atoms with E-state index in [4.69, 9.17) is 23.2 Å². The molecule has 1 aliphatic carbocycles. The molecule has 0 radical (unpaired) electrons. The van der Waals surface area contributed by atoms with Gasteiger partial charge in [0.05, 0.1) is 0 Å². The Kier molecular flexibility index (Phi) is 4.93. The van der Waals surface area contributed by atoms with Crippen LogP contribution in [0.2, 0.25) is 0 Å². The Morgan fingerprint density at radius 2 is 2.14 bits per heavy atom. The van der Waals surface area contributed by atoms with Crippen molar-refractivity contribution in [1.29, 1.82) is 0 Å². The molecule has 0 aromatic heterocycles. The van der Waals surface area contributed by atoms with E-state index in [0.29, 0.717) is 36.2 Å². The van der Waals surface area contributed by atoms with Gasteiger partial charge in [0.1, 0.15) is 5.78 Å². The van der Waals surface area contributed by atoms with Crippen LogP contribution in [0.5, 0.6) is 0 Å². The normalized spacial score (nSPS) is 20.6. The molecule has 1 saturated carbocycles. The van der Waals surface area contributed by atoms with Gasteiger partial charge in [-0.15, -0.1) is 0 Å². The molecule has 0 aromatic carbocycles. The Morgan fingerprint density at radius 3 is 2.64 bits per heavy atom. The number of carbonyl (C=O) groups is 1. The topological polar surface area (TPSA) is 20.3 Å². The predicted octanol–water partition coefficient (Wildman–Crippen LogP) is 2.75. The first-order valence-electron chi connectivity index (χ1n) is 4.80. The van der Waals surface area contributed by atoms with Crippen molar-refractivity contribution in [2.45, 2.75) is 31.7 Å². The molecule has 0 atom stereocenters. The van der Waals surface area contributed by atoms with Crippen LogP contribution < -0.4 is 0 Å². The third kappa shape index (κ3) is 3.60. The molecule has 0 amide bonds. The summed E-state index contributed by atoms with van der Waals surface area (Å²) >= 11 is 11.3. The van der Waals surface area contributed by atoms with E-state index in [1.54, 1.807) is 0 Å². The number of carbonyl (C=O) groups excluding carboxylic acids is 1. The number of nitrogens with zero attached hydrogens (tertiary/aromatic N) is 1. The highest BCUT2D eigenvalue weighted by atomic mass is 35.5. The van der Waals surface area contributed by atoms with Crippen LogP contribution in [0.15, 0.2) is 10.6 Å². The third-order valence-electron chi connectivity index (χ3n) is 2.65. The summed E-state index contributed by atoms with van der Waals surface area (Å²) in [5, 5.41) is 0.645. The Balaban J connectivity index is 2.37. The fraction of sp³-hybridized carbons (Fsp3) is 0.700. The average molecular weight is 236 g/mol. The van der Waals surface area contributed by atoms with Crippen LogP contribution >= 0.6 is 23.2 Å². The third-order valence-corrected chi connectivity index (χ3v) is 3.26. The smallest absolute Gasteiger partial charge is 0.133 e. The standard InChI is InChI=1S/C10H15Cl2NO/c1-13(7-8(12)6-11)9-2-4-10(14)5-3-9/h6,9H,2-5,7H2,1H3. The second-order valence-corrected chi connectivity index (χ2v) is 4.44. The van der Waals surface area contributed by atoms with Crippen molar-refractivity contribution in [2.75, 3.05) is 13.6 Å². The molecule has 1 rings (SSSR count). The summed E-state index contributed by atoms with van der Waals surface area (Å²) in [6.45, 7) is 0.671. The Labute approximate surface area is 94.9 Å². The number of hydrogen-bond acceptors (Lipinski definition) is 2. The highest BCUT2D eigenvalue weighted by molar-refractivity contribution is 6.36. The van der Waals surface area contributed by atoms with E-state index < -0.39 is 0 Å². The first kappa shape index (κ1) is 12.0. The summed E-state index contributed by atoms with van der Waals surface area (Å²) < 4.78 is 0. The molecular formula is C10H15Cl2NO. The van der Waals surface area contributed by atoms with Gasteiger partial charge in [-0.05, 0) is 19.9 Å². The summed E-state index contributed by atoms with van der Waals surface area (Å²) in [5.74, 6) is 0.383. The highest BCUT2D eigenvalue weighted by Crippen LogP contribution is 2.20. The molecule has 1 fully saturated rings. The fourth-order valence-corrected chi connectivity index (χ4v) is 2.02. The Morgan fingerprint density at radius 1 is 1.57 bits per heavy atom. The van der Waals surface area contributed by atoms with Gasteiger partial charge in [-0.25, -0.2) is 0 Å². The van der Waals surface area contributed by atoms with Crippen LogP contribution in [0.25, 0.3) is 0 Å². The van der Waals surface area contributed by atoms with Crippen molar-refractivity contribution >= 4 is 29.0 Å². The van der Waals surface area contributed by atoms with Gasteiger partial charge < -0.3 is 0 Å². The van der Waals surface area contributed by atoms with Gasteiger partial charge in [0.25, 0.3) is 0 Å². The van der Waals surface area contributed by atoms with Crippen molar-refractivity contribution in [3.8, 4) is 0 Å². The van der Waals surface area contributed by atoms with Gasteiger partial charge in [-0.3, -0.25) is 9.69 Å². The SMILES string of the molecule is CN(CC(Cl)=CCl)C1CCC(=O)CC1. The van der Waals surface area contributed by atoms with Crippen LogP contribution in [-0.4, -0.2) is 30.3 Å². The number of ketones is 1. The lowest BCUT2D eigenvalue weighted by Gasteiger charge is -2.30. The van der Waals surface area contributed by atoms with Crippen LogP contribution in [-0.2, 0) is 4.79 Å². The van der Waals surface area contributed by atoms with Crippen molar-refractivity contribution < 1.29 is 4.79 Å². The molecule has 0 spiro atoms. The van der Waals surface area contributed by atoms with Gasteiger partial charge >= 0.3 is 0 Å². The molecule has 2 nitrogen and oxygen atoms in total. The van der Waals surface area contributed by atoms with E-state index in [1.807, 2.05) is 7.05 Å². The van der Waals surface area contributed by atoms with Crippen LogP contribution in [0.3, 0.4) is 0 Å². The van der Waals surface area contributed by atoms with E-state index in [-0.39, 0.29) is 0 Å². The number of hydrogen-bond donors (Lipinski definition) is 0.